The van der Waals surface area contributed by atoms with Crippen molar-refractivity contribution < 1.29 is 17.9 Å². The van der Waals surface area contributed by atoms with Crippen LogP contribution >= 0.6 is 0 Å². The van der Waals surface area contributed by atoms with Gasteiger partial charge in [0.05, 0.1) is 24.8 Å². The Balaban J connectivity index is 1.71. The zero-order valence-corrected chi connectivity index (χ0v) is 18.5. The maximum atomic E-state index is 13.1. The Hall–Kier alpha value is -3.49. The maximum absolute atomic E-state index is 13.1. The molecule has 1 N–H and O–H groups in total. The number of benzene rings is 3. The van der Waals surface area contributed by atoms with Gasteiger partial charge in [0.15, 0.2) is 0 Å². The number of hydrogen-bond acceptors (Lipinski definition) is 5. The minimum Gasteiger partial charge on any atom is -0.497 e. The zero-order chi connectivity index (χ0) is 22.8. The van der Waals surface area contributed by atoms with Crippen LogP contribution in [0.5, 0.6) is 5.75 Å². The third-order valence-corrected chi connectivity index (χ3v) is 6.55. The number of nitrogens with zero attached hydrogens (tertiary/aromatic N) is 2. The number of hydrazone groups is 1. The Morgan fingerprint density at radius 2 is 1.69 bits per heavy atom. The zero-order valence-electron chi connectivity index (χ0n) is 17.7. The molecule has 0 atom stereocenters. The van der Waals surface area contributed by atoms with E-state index in [4.69, 9.17) is 4.74 Å². The van der Waals surface area contributed by atoms with Gasteiger partial charge in [0, 0.05) is 6.54 Å². The van der Waals surface area contributed by atoms with Crippen molar-refractivity contribution in [3.05, 3.63) is 96.1 Å². The highest BCUT2D eigenvalue weighted by Gasteiger charge is 2.26. The summed E-state index contributed by atoms with van der Waals surface area (Å²) < 4.78 is 32.6. The molecule has 32 heavy (non-hydrogen) atoms. The topological polar surface area (TPSA) is 88.1 Å². The Morgan fingerprint density at radius 1 is 1.00 bits per heavy atom. The van der Waals surface area contributed by atoms with Crippen molar-refractivity contribution in [3.8, 4) is 5.75 Å². The summed E-state index contributed by atoms with van der Waals surface area (Å²) in [5.74, 6) is 0.137. The smallest absolute Gasteiger partial charge is 0.255 e. The summed E-state index contributed by atoms with van der Waals surface area (Å²) in [6.07, 6.45) is 1.95. The van der Waals surface area contributed by atoms with E-state index in [9.17, 15) is 13.2 Å². The van der Waals surface area contributed by atoms with E-state index in [-0.39, 0.29) is 18.0 Å². The highest BCUT2D eigenvalue weighted by molar-refractivity contribution is 7.89. The molecule has 0 radical (unpaired) electrons. The van der Waals surface area contributed by atoms with Gasteiger partial charge in [0.2, 0.25) is 10.0 Å². The molecule has 0 unspecified atom stereocenters. The van der Waals surface area contributed by atoms with Crippen LogP contribution in [0, 0.1) is 0 Å². The average molecular weight is 452 g/mol. The summed E-state index contributed by atoms with van der Waals surface area (Å²) in [5.41, 5.74) is 4.13. The largest absolute Gasteiger partial charge is 0.497 e. The van der Waals surface area contributed by atoms with Gasteiger partial charge in [-0.1, -0.05) is 60.7 Å². The van der Waals surface area contributed by atoms with Gasteiger partial charge < -0.3 is 4.74 Å². The van der Waals surface area contributed by atoms with Gasteiger partial charge in [-0.15, -0.1) is 0 Å². The summed E-state index contributed by atoms with van der Waals surface area (Å²) in [5, 5.41) is 3.94. The number of methoxy groups -OCH3 is 1. The van der Waals surface area contributed by atoms with Gasteiger partial charge in [-0.3, -0.25) is 4.79 Å². The second-order valence-electron chi connectivity index (χ2n) is 6.96. The third kappa shape index (κ3) is 6.50. The summed E-state index contributed by atoms with van der Waals surface area (Å²) in [6.45, 7) is -0.187. The average Bonchev–Trinajstić information content (AvgIpc) is 2.83. The van der Waals surface area contributed by atoms with Gasteiger partial charge in [-0.25, -0.2) is 13.8 Å². The number of rotatable bonds is 10. The van der Waals surface area contributed by atoms with E-state index in [1.165, 1.54) is 22.7 Å². The maximum Gasteiger partial charge on any atom is 0.255 e. The Labute approximate surface area is 188 Å². The molecule has 8 heteroatoms. The van der Waals surface area contributed by atoms with Gasteiger partial charge >= 0.3 is 0 Å². The van der Waals surface area contributed by atoms with Crippen LogP contribution in [0.1, 0.15) is 11.1 Å². The molecule has 3 aromatic carbocycles. The van der Waals surface area contributed by atoms with E-state index < -0.39 is 15.9 Å². The van der Waals surface area contributed by atoms with Gasteiger partial charge in [0.25, 0.3) is 5.91 Å². The van der Waals surface area contributed by atoms with E-state index in [2.05, 4.69) is 10.5 Å². The fourth-order valence-electron chi connectivity index (χ4n) is 3.02. The number of ether oxygens (including phenoxy) is 1. The Morgan fingerprint density at radius 3 is 2.38 bits per heavy atom. The predicted molar refractivity (Wildman–Crippen MR) is 124 cm³/mol. The lowest BCUT2D eigenvalue weighted by atomic mass is 10.1. The van der Waals surface area contributed by atoms with Gasteiger partial charge in [-0.05, 0) is 41.8 Å². The predicted octanol–water partition coefficient (Wildman–Crippen LogP) is 3.08. The first-order valence-corrected chi connectivity index (χ1v) is 11.5. The summed E-state index contributed by atoms with van der Waals surface area (Å²) >= 11 is 0. The second-order valence-corrected chi connectivity index (χ2v) is 8.89. The molecule has 3 rings (SSSR count). The number of carbonyl (C=O) groups excluding carboxylic acids is 1. The fraction of sp³-hybridized carbons (Fsp3) is 0.167. The van der Waals surface area contributed by atoms with Crippen LogP contribution in [0.25, 0.3) is 0 Å². The molecule has 7 nitrogen and oxygen atoms in total. The van der Waals surface area contributed by atoms with Crippen LogP contribution in [-0.2, 0) is 21.2 Å². The van der Waals surface area contributed by atoms with Crippen LogP contribution in [0.4, 0.5) is 0 Å². The first kappa shape index (κ1) is 23.2. The van der Waals surface area contributed by atoms with E-state index in [0.717, 1.165) is 11.1 Å². The monoisotopic (exact) mass is 451 g/mol. The highest BCUT2D eigenvalue weighted by atomic mass is 32.2. The lowest BCUT2D eigenvalue weighted by Gasteiger charge is -2.21. The van der Waals surface area contributed by atoms with Crippen molar-refractivity contribution in [1.82, 2.24) is 9.73 Å². The Bertz CT molecular complexity index is 1150. The van der Waals surface area contributed by atoms with Crippen molar-refractivity contribution in [2.45, 2.75) is 11.3 Å². The van der Waals surface area contributed by atoms with Crippen molar-refractivity contribution in [2.24, 2.45) is 5.10 Å². The summed E-state index contributed by atoms with van der Waals surface area (Å²) in [4.78, 5) is 12.6. The molecule has 1 amide bonds. The third-order valence-electron chi connectivity index (χ3n) is 4.69. The van der Waals surface area contributed by atoms with Crippen molar-refractivity contribution in [1.29, 1.82) is 0 Å². The summed E-state index contributed by atoms with van der Waals surface area (Å²) in [7, 11) is -2.28. The SMILES string of the molecule is COc1cccc(/C=N\NC(=O)CN(CCc2ccccc2)S(=O)(=O)c2ccccc2)c1. The molecule has 166 valence electrons. The number of carbonyl (C=O) groups is 1. The second kappa shape index (κ2) is 11.2. The molecule has 0 saturated heterocycles. The normalized spacial score (nSPS) is 11.6. The first-order chi connectivity index (χ1) is 15.5. The standard InChI is InChI=1S/C24H25N3O4S/c1-31-22-12-8-11-21(17-22)18-25-26-24(28)19-27(16-15-20-9-4-2-5-10-20)32(29,30)23-13-6-3-7-14-23/h2-14,17-18H,15-16,19H2,1H3,(H,26,28)/b25-18-. The summed E-state index contributed by atoms with van der Waals surface area (Å²) in [6, 6.07) is 24.8. The van der Waals surface area contributed by atoms with Crippen molar-refractivity contribution >= 4 is 22.1 Å². The Kier molecular flexibility index (Phi) is 8.13. The van der Waals surface area contributed by atoms with Crippen LogP contribution in [0.15, 0.2) is 94.9 Å². The molecule has 0 aliphatic carbocycles. The van der Waals surface area contributed by atoms with Gasteiger partial charge in [0.1, 0.15) is 5.75 Å². The molecular formula is C24H25N3O4S. The molecule has 0 aliphatic heterocycles. The molecule has 0 fully saturated rings. The van der Waals surface area contributed by atoms with E-state index in [1.807, 2.05) is 36.4 Å². The first-order valence-electron chi connectivity index (χ1n) is 10.0. The molecule has 0 aliphatic rings. The molecule has 3 aromatic rings. The van der Waals surface area contributed by atoms with Crippen LogP contribution < -0.4 is 10.2 Å². The van der Waals surface area contributed by atoms with Gasteiger partial charge in [-0.2, -0.15) is 9.41 Å². The van der Waals surface area contributed by atoms with Crippen molar-refractivity contribution in [3.63, 3.8) is 0 Å². The molecule has 0 aromatic heterocycles. The minimum atomic E-state index is -3.85. The van der Waals surface area contributed by atoms with E-state index >= 15 is 0 Å². The lowest BCUT2D eigenvalue weighted by Crippen LogP contribution is -2.40. The minimum absolute atomic E-state index is 0.140. The van der Waals surface area contributed by atoms with Crippen LogP contribution in [0.3, 0.4) is 0 Å². The highest BCUT2D eigenvalue weighted by Crippen LogP contribution is 2.16. The lowest BCUT2D eigenvalue weighted by molar-refractivity contribution is -0.121. The van der Waals surface area contributed by atoms with E-state index in [0.29, 0.717) is 12.2 Å². The molecular weight excluding hydrogens is 426 g/mol. The number of sulfonamides is 1. The number of amides is 1. The quantitative estimate of drug-likeness (QED) is 0.379. The fourth-order valence-corrected chi connectivity index (χ4v) is 4.44. The molecule has 0 heterocycles. The molecule has 0 saturated carbocycles. The molecule has 0 bridgehead atoms. The number of nitrogens with one attached hydrogen (secondary N) is 1. The van der Waals surface area contributed by atoms with Crippen LogP contribution in [-0.4, -0.2) is 45.0 Å². The van der Waals surface area contributed by atoms with E-state index in [1.54, 1.807) is 43.5 Å². The van der Waals surface area contributed by atoms with Crippen LogP contribution in [0.2, 0.25) is 0 Å². The van der Waals surface area contributed by atoms with Crippen molar-refractivity contribution in [2.75, 3.05) is 20.2 Å². The number of hydrogen-bond donors (Lipinski definition) is 1. The molecule has 0 spiro atoms.